The molecule has 0 amide bonds. The molecule has 0 heterocycles. The van der Waals surface area contributed by atoms with Crippen LogP contribution in [0, 0.1) is 0 Å². The van der Waals surface area contributed by atoms with Gasteiger partial charge in [-0.1, -0.05) is 25.5 Å². The van der Waals surface area contributed by atoms with Gasteiger partial charge >= 0.3 is 0 Å². The summed E-state index contributed by atoms with van der Waals surface area (Å²) in [5, 5.41) is 8.99. The highest BCUT2D eigenvalue weighted by Gasteiger charge is 2.37. The van der Waals surface area contributed by atoms with Gasteiger partial charge in [0.2, 0.25) is 10.0 Å². The number of hydrogen-bond donors (Lipinski definition) is 1. The Morgan fingerprint density at radius 3 is 2.37 bits per heavy atom. The number of aliphatic hydroxyl groups is 1. The second-order valence-electron chi connectivity index (χ2n) is 5.00. The first-order valence-electron chi connectivity index (χ1n) is 6.81. The molecular weight excluding hydrogens is 262 g/mol. The maximum absolute atomic E-state index is 12.6. The first kappa shape index (κ1) is 14.5. The molecule has 0 saturated heterocycles. The Morgan fingerprint density at radius 2 is 1.89 bits per heavy atom. The summed E-state index contributed by atoms with van der Waals surface area (Å²) in [6.45, 7) is 2.60. The zero-order valence-electron chi connectivity index (χ0n) is 11.2. The van der Waals surface area contributed by atoms with E-state index >= 15 is 0 Å². The van der Waals surface area contributed by atoms with Crippen LogP contribution in [0.25, 0.3) is 0 Å². The molecule has 0 bridgehead atoms. The first-order valence-corrected chi connectivity index (χ1v) is 8.25. The van der Waals surface area contributed by atoms with Gasteiger partial charge in [-0.2, -0.15) is 4.31 Å². The first-order chi connectivity index (χ1) is 9.09. The molecule has 0 spiro atoms. The summed E-state index contributed by atoms with van der Waals surface area (Å²) < 4.78 is 26.8. The van der Waals surface area contributed by atoms with Gasteiger partial charge in [-0.05, 0) is 37.0 Å². The SMILES string of the molecule is CCCCN(C1CC1)S(=O)(=O)c1ccc(CO)cc1. The van der Waals surface area contributed by atoms with E-state index in [1.165, 1.54) is 0 Å². The van der Waals surface area contributed by atoms with Crippen molar-refractivity contribution in [2.24, 2.45) is 0 Å². The van der Waals surface area contributed by atoms with Crippen LogP contribution >= 0.6 is 0 Å². The van der Waals surface area contributed by atoms with Crippen molar-refractivity contribution in [3.8, 4) is 0 Å². The average Bonchev–Trinajstić information content (AvgIpc) is 3.23. The molecule has 0 aliphatic heterocycles. The minimum Gasteiger partial charge on any atom is -0.392 e. The van der Waals surface area contributed by atoms with Gasteiger partial charge in [0.1, 0.15) is 0 Å². The Kier molecular flexibility index (Phi) is 4.60. The lowest BCUT2D eigenvalue weighted by Crippen LogP contribution is -2.34. The highest BCUT2D eigenvalue weighted by Crippen LogP contribution is 2.32. The molecule has 4 nitrogen and oxygen atoms in total. The van der Waals surface area contributed by atoms with E-state index in [4.69, 9.17) is 5.11 Å². The predicted molar refractivity (Wildman–Crippen MR) is 74.2 cm³/mol. The molecule has 5 heteroatoms. The van der Waals surface area contributed by atoms with E-state index in [1.807, 2.05) is 0 Å². The van der Waals surface area contributed by atoms with Crippen LogP contribution in [-0.2, 0) is 16.6 Å². The predicted octanol–water partition coefficient (Wildman–Crippen LogP) is 2.13. The van der Waals surface area contributed by atoms with Crippen LogP contribution in [0.2, 0.25) is 0 Å². The lowest BCUT2D eigenvalue weighted by Gasteiger charge is -2.21. The van der Waals surface area contributed by atoms with Crippen LogP contribution in [-0.4, -0.2) is 30.4 Å². The van der Waals surface area contributed by atoms with Crippen molar-refractivity contribution in [2.75, 3.05) is 6.54 Å². The van der Waals surface area contributed by atoms with Crippen LogP contribution in [0.5, 0.6) is 0 Å². The van der Waals surface area contributed by atoms with Crippen molar-refractivity contribution >= 4 is 10.0 Å². The number of hydrogen-bond acceptors (Lipinski definition) is 3. The van der Waals surface area contributed by atoms with Crippen LogP contribution in [0.1, 0.15) is 38.2 Å². The molecule has 1 saturated carbocycles. The van der Waals surface area contributed by atoms with Crippen LogP contribution < -0.4 is 0 Å². The summed E-state index contributed by atoms with van der Waals surface area (Å²) in [7, 11) is -3.38. The van der Waals surface area contributed by atoms with Crippen LogP contribution in [0.3, 0.4) is 0 Å². The monoisotopic (exact) mass is 283 g/mol. The van der Waals surface area contributed by atoms with Gasteiger partial charge in [-0.15, -0.1) is 0 Å². The highest BCUT2D eigenvalue weighted by molar-refractivity contribution is 7.89. The van der Waals surface area contributed by atoms with E-state index in [1.54, 1.807) is 28.6 Å². The summed E-state index contributed by atoms with van der Waals surface area (Å²) in [6, 6.07) is 6.69. The van der Waals surface area contributed by atoms with Crippen molar-refractivity contribution < 1.29 is 13.5 Å². The second kappa shape index (κ2) is 6.03. The van der Waals surface area contributed by atoms with E-state index < -0.39 is 10.0 Å². The van der Waals surface area contributed by atoms with Gasteiger partial charge in [0.05, 0.1) is 11.5 Å². The van der Waals surface area contributed by atoms with Crippen LogP contribution in [0.4, 0.5) is 0 Å². The topological polar surface area (TPSA) is 57.6 Å². The molecule has 0 radical (unpaired) electrons. The fourth-order valence-electron chi connectivity index (χ4n) is 2.08. The van der Waals surface area contributed by atoms with E-state index in [9.17, 15) is 8.42 Å². The Morgan fingerprint density at radius 1 is 1.26 bits per heavy atom. The van der Waals surface area contributed by atoms with E-state index in [-0.39, 0.29) is 12.6 Å². The maximum atomic E-state index is 12.6. The second-order valence-corrected chi connectivity index (χ2v) is 6.89. The summed E-state index contributed by atoms with van der Waals surface area (Å²) in [4.78, 5) is 0.327. The normalized spacial score (nSPS) is 15.9. The lowest BCUT2D eigenvalue weighted by molar-refractivity contribution is 0.281. The van der Waals surface area contributed by atoms with Gasteiger partial charge in [-0.25, -0.2) is 8.42 Å². The van der Waals surface area contributed by atoms with Crippen molar-refractivity contribution in [3.05, 3.63) is 29.8 Å². The van der Waals surface area contributed by atoms with E-state index in [0.717, 1.165) is 31.2 Å². The number of unbranched alkanes of at least 4 members (excludes halogenated alkanes) is 1. The Labute approximate surface area is 115 Å². The highest BCUT2D eigenvalue weighted by atomic mass is 32.2. The van der Waals surface area contributed by atoms with Crippen molar-refractivity contribution in [2.45, 2.75) is 50.2 Å². The van der Waals surface area contributed by atoms with Gasteiger partial charge < -0.3 is 5.11 Å². The zero-order chi connectivity index (χ0) is 13.9. The third-order valence-corrected chi connectivity index (χ3v) is 5.36. The molecule has 0 unspecified atom stereocenters. The van der Waals surface area contributed by atoms with Crippen LogP contribution in [0.15, 0.2) is 29.2 Å². The minimum absolute atomic E-state index is 0.0670. The van der Waals surface area contributed by atoms with Gasteiger partial charge in [0.25, 0.3) is 0 Å². The summed E-state index contributed by atoms with van der Waals surface area (Å²) in [5.74, 6) is 0. The molecule has 1 aliphatic rings. The Bertz CT molecular complexity index is 506. The average molecular weight is 283 g/mol. The summed E-state index contributed by atoms with van der Waals surface area (Å²) in [6.07, 6.45) is 3.82. The Hall–Kier alpha value is -0.910. The maximum Gasteiger partial charge on any atom is 0.243 e. The smallest absolute Gasteiger partial charge is 0.243 e. The number of benzene rings is 1. The number of sulfonamides is 1. The molecule has 1 aromatic rings. The standard InChI is InChI=1S/C14H21NO3S/c1-2-3-10-15(13-6-7-13)19(17,18)14-8-4-12(11-16)5-9-14/h4-5,8-9,13,16H,2-3,6-7,10-11H2,1H3. The zero-order valence-corrected chi connectivity index (χ0v) is 12.1. The molecule has 1 N–H and O–H groups in total. The minimum atomic E-state index is -3.38. The fraction of sp³-hybridized carbons (Fsp3) is 0.571. The third-order valence-electron chi connectivity index (χ3n) is 3.40. The number of nitrogens with zero attached hydrogens (tertiary/aromatic N) is 1. The van der Waals surface area contributed by atoms with E-state index in [0.29, 0.717) is 11.4 Å². The molecular formula is C14H21NO3S. The molecule has 1 aliphatic carbocycles. The molecule has 0 aromatic heterocycles. The van der Waals surface area contributed by atoms with Gasteiger partial charge in [0, 0.05) is 12.6 Å². The van der Waals surface area contributed by atoms with Crippen molar-refractivity contribution in [1.29, 1.82) is 0 Å². The van der Waals surface area contributed by atoms with Gasteiger partial charge in [-0.3, -0.25) is 0 Å². The quantitative estimate of drug-likeness (QED) is 0.834. The summed E-state index contributed by atoms with van der Waals surface area (Å²) in [5.41, 5.74) is 0.727. The third kappa shape index (κ3) is 3.35. The molecule has 1 fully saturated rings. The fourth-order valence-corrected chi connectivity index (χ4v) is 3.80. The molecule has 0 atom stereocenters. The molecule has 106 valence electrons. The van der Waals surface area contributed by atoms with Gasteiger partial charge in [0.15, 0.2) is 0 Å². The lowest BCUT2D eigenvalue weighted by atomic mass is 10.2. The molecule has 19 heavy (non-hydrogen) atoms. The summed E-state index contributed by atoms with van der Waals surface area (Å²) >= 11 is 0. The van der Waals surface area contributed by atoms with Crippen molar-refractivity contribution in [1.82, 2.24) is 4.31 Å². The van der Waals surface area contributed by atoms with Crippen molar-refractivity contribution in [3.63, 3.8) is 0 Å². The number of rotatable bonds is 7. The molecule has 2 rings (SSSR count). The largest absolute Gasteiger partial charge is 0.392 e. The van der Waals surface area contributed by atoms with E-state index in [2.05, 4.69) is 6.92 Å². The number of aliphatic hydroxyl groups excluding tert-OH is 1. The molecule has 1 aromatic carbocycles. The Balaban J connectivity index is 2.22.